The van der Waals surface area contributed by atoms with Crippen molar-refractivity contribution in [3.63, 3.8) is 0 Å². The summed E-state index contributed by atoms with van der Waals surface area (Å²) in [4.78, 5) is 0. The van der Waals surface area contributed by atoms with Gasteiger partial charge in [0.2, 0.25) is 0 Å². The lowest BCUT2D eigenvalue weighted by atomic mass is 9.96. The highest BCUT2D eigenvalue weighted by Crippen LogP contribution is 2.35. The maximum atomic E-state index is 11.9. The van der Waals surface area contributed by atoms with Crippen molar-refractivity contribution in [3.8, 4) is 0 Å². The molecule has 86 heavy (non-hydrogen) atoms. The summed E-state index contributed by atoms with van der Waals surface area (Å²) >= 11 is 9.63. The molecule has 34 heteroatoms. The third-order valence-electron chi connectivity index (χ3n) is 15.1. The summed E-state index contributed by atoms with van der Waals surface area (Å²) in [6.07, 6.45) is -35.5. The van der Waals surface area contributed by atoms with E-state index >= 15 is 0 Å². The van der Waals surface area contributed by atoms with Gasteiger partial charge in [0.1, 0.15) is 122 Å². The van der Waals surface area contributed by atoms with Crippen molar-refractivity contribution in [2.45, 2.75) is 211 Å². The number of hydrogen-bond donors (Lipinski definition) is 19. The number of thiol groups is 1. The van der Waals surface area contributed by atoms with Crippen LogP contribution >= 0.6 is 24.8 Å². The van der Waals surface area contributed by atoms with Crippen LogP contribution in [0.3, 0.4) is 0 Å². The first kappa shape index (κ1) is 75.6. The molecule has 0 aromatic rings. The van der Waals surface area contributed by atoms with Crippen LogP contribution in [0.25, 0.3) is 0 Å². The molecule has 5 fully saturated rings. The zero-order chi connectivity index (χ0) is 62.7. The zero-order valence-corrected chi connectivity index (χ0v) is 49.8. The Hall–Kier alpha value is -1.16. The molecule has 18 N–H and O–H groups in total. The first-order valence-corrected chi connectivity index (χ1v) is 30.5. The van der Waals surface area contributed by atoms with Crippen molar-refractivity contribution >= 4 is 30.0 Å². The Morgan fingerprint density at radius 1 is 0.337 bits per heavy atom. The second-order valence-electron chi connectivity index (χ2n) is 21.4. The number of unbranched alkanes of at least 4 members (excludes halogenated alkanes) is 8. The molecular weight excluding hydrogens is 1200 g/mol. The van der Waals surface area contributed by atoms with Gasteiger partial charge in [-0.05, 0) is 30.8 Å². The Kier molecular flexibility index (Phi) is 35.8. The SMILES string of the molecule is OC[C@H]1O[C@H](O[C@@H]2[C@@H](OC[C@H]3O[C@H](OCCNC(=S)NCCOCCOCCOCCOCCCCCCCCCCCS)[C@@H](O)[C@@H](O[C@H]4O[C@H](CO)[C@@H](O)[C@H](O)[C@@H]4O[C@H]4O[C@H](CO)[C@@H](O)[C@H](O)[C@@H]4O)[C@@H]3O)O[C@H](CO)[C@@H](O)[C@@H]2O)[C@@H](O)[C@@H](O)[C@@H]1O. The molecule has 5 rings (SSSR count). The van der Waals surface area contributed by atoms with Crippen LogP contribution in [0.1, 0.15) is 57.8 Å². The molecule has 25 atom stereocenters. The average molecular weight is 1290 g/mol. The van der Waals surface area contributed by atoms with Crippen LogP contribution in [0.4, 0.5) is 0 Å². The van der Waals surface area contributed by atoms with Crippen LogP contribution < -0.4 is 10.6 Å². The van der Waals surface area contributed by atoms with E-state index in [9.17, 15) is 81.7 Å². The molecule has 0 aliphatic carbocycles. The summed E-state index contributed by atoms with van der Waals surface area (Å²) in [7, 11) is 0. The van der Waals surface area contributed by atoms with Crippen LogP contribution in [0.2, 0.25) is 0 Å². The van der Waals surface area contributed by atoms with Crippen molar-refractivity contribution in [3.05, 3.63) is 0 Å². The molecule has 5 saturated heterocycles. The fourth-order valence-electron chi connectivity index (χ4n) is 9.95. The summed E-state index contributed by atoms with van der Waals surface area (Å²) in [5.74, 6) is 0.967. The highest BCUT2D eigenvalue weighted by molar-refractivity contribution is 7.80. The molecule has 5 heterocycles. The van der Waals surface area contributed by atoms with E-state index in [-0.39, 0.29) is 24.9 Å². The van der Waals surface area contributed by atoms with Gasteiger partial charge in [0, 0.05) is 19.7 Å². The maximum Gasteiger partial charge on any atom is 0.187 e. The first-order chi connectivity index (χ1) is 41.4. The summed E-state index contributed by atoms with van der Waals surface area (Å²) in [5, 5.41) is 177. The first-order valence-electron chi connectivity index (χ1n) is 29.4. The molecule has 0 aromatic carbocycles. The molecule has 0 radical (unpaired) electrons. The normalized spacial score (nSPS) is 38.7. The minimum absolute atomic E-state index is 0.0208. The molecule has 5 aliphatic rings. The highest BCUT2D eigenvalue weighted by atomic mass is 32.1. The van der Waals surface area contributed by atoms with Crippen molar-refractivity contribution in [1.82, 2.24) is 10.6 Å². The zero-order valence-electron chi connectivity index (χ0n) is 48.0. The van der Waals surface area contributed by atoms with Crippen molar-refractivity contribution < 1.29 is 148 Å². The Balaban J connectivity index is 1.13. The lowest BCUT2D eigenvalue weighted by Crippen LogP contribution is -2.67. The largest absolute Gasteiger partial charge is 0.394 e. The fourth-order valence-corrected chi connectivity index (χ4v) is 10.4. The number of hydrogen-bond acceptors (Lipinski definition) is 32. The predicted octanol–water partition coefficient (Wildman–Crippen LogP) is -7.93. The van der Waals surface area contributed by atoms with Gasteiger partial charge >= 0.3 is 0 Å². The van der Waals surface area contributed by atoms with Gasteiger partial charge in [0.15, 0.2) is 36.6 Å². The fraction of sp³-hybridized carbons (Fsp3) is 0.981. The lowest BCUT2D eigenvalue weighted by molar-refractivity contribution is -0.392. The molecule has 0 unspecified atom stereocenters. The van der Waals surface area contributed by atoms with Gasteiger partial charge in [-0.1, -0.05) is 44.9 Å². The highest BCUT2D eigenvalue weighted by Gasteiger charge is 2.56. The number of ether oxygens (including phenoxy) is 14. The van der Waals surface area contributed by atoms with E-state index in [1.54, 1.807) is 0 Å². The Bertz CT molecular complexity index is 1800. The van der Waals surface area contributed by atoms with Gasteiger partial charge in [0.05, 0.1) is 85.9 Å². The van der Waals surface area contributed by atoms with Crippen molar-refractivity contribution in [2.75, 3.05) is 111 Å². The molecule has 506 valence electrons. The van der Waals surface area contributed by atoms with Crippen molar-refractivity contribution in [2.24, 2.45) is 0 Å². The number of aliphatic hydroxyl groups excluding tert-OH is 16. The molecule has 0 saturated carbocycles. The van der Waals surface area contributed by atoms with E-state index in [4.69, 9.17) is 78.5 Å². The van der Waals surface area contributed by atoms with Crippen LogP contribution in [-0.2, 0) is 66.3 Å². The van der Waals surface area contributed by atoms with E-state index < -0.39 is 187 Å². The number of aliphatic hydroxyl groups is 16. The van der Waals surface area contributed by atoms with Gasteiger partial charge in [-0.3, -0.25) is 0 Å². The molecule has 5 aliphatic heterocycles. The Labute approximate surface area is 509 Å². The molecular formula is C52H96N2O30S2. The summed E-state index contributed by atoms with van der Waals surface area (Å²) in [5.41, 5.74) is 0. The summed E-state index contributed by atoms with van der Waals surface area (Å²) in [6.45, 7) is -0.919. The summed E-state index contributed by atoms with van der Waals surface area (Å²) < 4.78 is 80.1. The third-order valence-corrected chi connectivity index (χ3v) is 15.7. The number of rotatable bonds is 40. The summed E-state index contributed by atoms with van der Waals surface area (Å²) in [6, 6.07) is 0. The number of thiocarbonyl (C=S) groups is 1. The van der Waals surface area contributed by atoms with Crippen LogP contribution in [0, 0.1) is 0 Å². The average Bonchev–Trinajstić information content (AvgIpc) is 1.04. The van der Waals surface area contributed by atoms with E-state index in [1.165, 1.54) is 51.4 Å². The second kappa shape index (κ2) is 40.7. The molecule has 0 bridgehead atoms. The minimum atomic E-state index is -2.07. The van der Waals surface area contributed by atoms with Gasteiger partial charge < -0.3 is 159 Å². The smallest absolute Gasteiger partial charge is 0.187 e. The van der Waals surface area contributed by atoms with E-state index in [2.05, 4.69) is 23.3 Å². The monoisotopic (exact) mass is 1290 g/mol. The van der Waals surface area contributed by atoms with Gasteiger partial charge in [0.25, 0.3) is 0 Å². The van der Waals surface area contributed by atoms with E-state index in [1.807, 2.05) is 0 Å². The van der Waals surface area contributed by atoms with Gasteiger partial charge in [-0.2, -0.15) is 12.6 Å². The lowest BCUT2D eigenvalue weighted by Gasteiger charge is -2.49. The quantitative estimate of drug-likeness (QED) is 0.0154. The molecule has 0 amide bonds. The predicted molar refractivity (Wildman–Crippen MR) is 298 cm³/mol. The van der Waals surface area contributed by atoms with Crippen LogP contribution in [0.15, 0.2) is 0 Å². The Morgan fingerprint density at radius 3 is 1.19 bits per heavy atom. The Morgan fingerprint density at radius 2 is 0.709 bits per heavy atom. The molecule has 0 aromatic heterocycles. The van der Waals surface area contributed by atoms with Crippen LogP contribution in [-0.4, -0.2) is 352 Å². The second-order valence-corrected chi connectivity index (χ2v) is 22.2. The third kappa shape index (κ3) is 22.8. The molecule has 32 nitrogen and oxygen atoms in total. The van der Waals surface area contributed by atoms with Gasteiger partial charge in [-0.15, -0.1) is 0 Å². The van der Waals surface area contributed by atoms with Crippen molar-refractivity contribution in [1.29, 1.82) is 0 Å². The van der Waals surface area contributed by atoms with Gasteiger partial charge in [-0.25, -0.2) is 0 Å². The van der Waals surface area contributed by atoms with Crippen LogP contribution in [0.5, 0.6) is 0 Å². The van der Waals surface area contributed by atoms with E-state index in [0.29, 0.717) is 46.2 Å². The minimum Gasteiger partial charge on any atom is -0.394 e. The molecule has 0 spiro atoms. The number of nitrogens with one attached hydrogen (secondary N) is 2. The van der Waals surface area contributed by atoms with E-state index in [0.717, 1.165) is 18.8 Å². The topological polar surface area (TPSA) is 477 Å². The maximum absolute atomic E-state index is 11.9. The standard InChI is InChI=1S/C52H96N2O30S2/c55-22-27-32(59)37(64)41(68)48(77-27)83-45-39(66)34(61)29(24-57)79-50(45)76-26-31-36(63)44(82-51-46(40(67)35(62)30(25-58)80-51)84-49-42(69)38(65)33(60)28(23-56)78-49)43(70)47(81-31)75-14-11-54-52(86)53-10-13-72-16-18-74-20-19-73-17-15-71-12-8-6-4-2-1-3-5-7-9-21-85/h27-51,55-70,85H,1-26H2,(H2,53,54,86)/t27-,28-,29-,30-,31-,32-,33-,34-,35-,36-,37+,38+,39+,40+,41+,42+,43+,44+,45+,46+,47+,48-,49-,50+,51-/m1/s1.